The zero-order valence-electron chi connectivity index (χ0n) is 10.6. The van der Waals surface area contributed by atoms with Crippen molar-refractivity contribution >= 4 is 11.8 Å². The third kappa shape index (κ3) is 2.97. The second-order valence-corrected chi connectivity index (χ2v) is 4.85. The summed E-state index contributed by atoms with van der Waals surface area (Å²) in [5, 5.41) is 2.71. The largest absolute Gasteiger partial charge is 0.345 e. The van der Waals surface area contributed by atoms with Crippen molar-refractivity contribution in [3.8, 4) is 0 Å². The lowest BCUT2D eigenvalue weighted by atomic mass is 10.1. The topological polar surface area (TPSA) is 49.4 Å². The van der Waals surface area contributed by atoms with Gasteiger partial charge in [-0.2, -0.15) is 0 Å². The van der Waals surface area contributed by atoms with Crippen LogP contribution in [0.1, 0.15) is 40.5 Å². The third-order valence-corrected chi connectivity index (χ3v) is 3.25. The molecular weight excluding hydrogens is 204 g/mol. The average molecular weight is 226 g/mol. The van der Waals surface area contributed by atoms with E-state index in [-0.39, 0.29) is 23.9 Å². The van der Waals surface area contributed by atoms with Crippen molar-refractivity contribution in [1.29, 1.82) is 0 Å². The first-order valence-electron chi connectivity index (χ1n) is 6.05. The lowest BCUT2D eigenvalue weighted by molar-refractivity contribution is -0.135. The van der Waals surface area contributed by atoms with Gasteiger partial charge < -0.3 is 10.2 Å². The number of nitrogens with one attached hydrogen (secondary N) is 1. The molecule has 3 atom stereocenters. The predicted octanol–water partition coefficient (Wildman–Crippen LogP) is 1.16. The molecule has 1 rings (SSSR count). The lowest BCUT2D eigenvalue weighted by Crippen LogP contribution is -2.46. The van der Waals surface area contributed by atoms with Crippen molar-refractivity contribution in [3.05, 3.63) is 0 Å². The number of hydrogen-bond donors (Lipinski definition) is 1. The molecule has 1 fully saturated rings. The van der Waals surface area contributed by atoms with E-state index in [4.69, 9.17) is 0 Å². The Morgan fingerprint density at radius 3 is 2.62 bits per heavy atom. The van der Waals surface area contributed by atoms with Crippen LogP contribution in [0, 0.1) is 5.92 Å². The van der Waals surface area contributed by atoms with Gasteiger partial charge in [0.1, 0.15) is 6.04 Å². The van der Waals surface area contributed by atoms with Crippen LogP contribution in [0.5, 0.6) is 0 Å². The predicted molar refractivity (Wildman–Crippen MR) is 62.9 cm³/mol. The maximum absolute atomic E-state index is 12.1. The van der Waals surface area contributed by atoms with E-state index in [1.54, 1.807) is 6.92 Å². The van der Waals surface area contributed by atoms with Crippen LogP contribution < -0.4 is 5.32 Å². The molecule has 1 saturated heterocycles. The van der Waals surface area contributed by atoms with Crippen LogP contribution in [-0.2, 0) is 9.59 Å². The van der Waals surface area contributed by atoms with Crippen molar-refractivity contribution in [2.75, 3.05) is 6.54 Å². The Morgan fingerprint density at radius 2 is 2.06 bits per heavy atom. The second-order valence-electron chi connectivity index (χ2n) is 4.85. The summed E-state index contributed by atoms with van der Waals surface area (Å²) in [6.07, 6.45) is 1.46. The molecule has 1 heterocycles. The van der Waals surface area contributed by atoms with Crippen molar-refractivity contribution in [3.63, 3.8) is 0 Å². The summed E-state index contributed by atoms with van der Waals surface area (Å²) >= 11 is 0. The van der Waals surface area contributed by atoms with Gasteiger partial charge in [-0.1, -0.05) is 20.3 Å². The summed E-state index contributed by atoms with van der Waals surface area (Å²) in [6.45, 7) is 8.69. The van der Waals surface area contributed by atoms with Crippen molar-refractivity contribution in [2.24, 2.45) is 5.92 Å². The number of amides is 2. The zero-order chi connectivity index (χ0) is 12.3. The van der Waals surface area contributed by atoms with E-state index in [1.165, 1.54) is 0 Å². The molecule has 0 aromatic rings. The number of hydrogen-bond acceptors (Lipinski definition) is 2. The molecule has 1 aliphatic heterocycles. The molecule has 0 aliphatic carbocycles. The van der Waals surface area contributed by atoms with Gasteiger partial charge in [-0.15, -0.1) is 0 Å². The van der Waals surface area contributed by atoms with E-state index < -0.39 is 0 Å². The number of nitrogens with zero attached hydrogens (tertiary/aromatic N) is 1. The van der Waals surface area contributed by atoms with Crippen LogP contribution in [0.4, 0.5) is 0 Å². The van der Waals surface area contributed by atoms with Gasteiger partial charge in [0, 0.05) is 19.0 Å². The molecule has 2 amide bonds. The Balaban J connectivity index is 2.77. The molecule has 92 valence electrons. The third-order valence-electron chi connectivity index (χ3n) is 3.25. The molecular formula is C12H22N2O2. The highest BCUT2D eigenvalue weighted by Gasteiger charge is 2.31. The van der Waals surface area contributed by atoms with E-state index in [9.17, 15) is 9.59 Å². The Kier molecular flexibility index (Phi) is 4.33. The summed E-state index contributed by atoms with van der Waals surface area (Å²) in [6, 6.07) is -0.382. The molecule has 16 heavy (non-hydrogen) atoms. The average Bonchev–Trinajstić information content (AvgIpc) is 2.30. The Labute approximate surface area is 97.4 Å². The van der Waals surface area contributed by atoms with Crippen molar-refractivity contribution in [2.45, 2.75) is 52.6 Å². The highest BCUT2D eigenvalue weighted by atomic mass is 16.2. The Bertz CT molecular complexity index is 278. The first kappa shape index (κ1) is 13.0. The molecule has 3 unspecified atom stereocenters. The minimum atomic E-state index is -0.387. The molecule has 1 N–H and O–H groups in total. The summed E-state index contributed by atoms with van der Waals surface area (Å²) in [7, 11) is 0. The number of carbonyl (C=O) groups excluding carboxylic acids is 2. The molecule has 0 radical (unpaired) electrons. The summed E-state index contributed by atoms with van der Waals surface area (Å²) < 4.78 is 0. The van der Waals surface area contributed by atoms with Crippen molar-refractivity contribution in [1.82, 2.24) is 10.2 Å². The van der Waals surface area contributed by atoms with Gasteiger partial charge in [0.2, 0.25) is 11.8 Å². The van der Waals surface area contributed by atoms with Gasteiger partial charge in [-0.25, -0.2) is 0 Å². The number of carbonyl (C=O) groups is 2. The molecule has 4 heteroatoms. The van der Waals surface area contributed by atoms with Gasteiger partial charge in [0.05, 0.1) is 0 Å². The molecule has 1 aliphatic rings. The maximum Gasteiger partial charge on any atom is 0.245 e. The Morgan fingerprint density at radius 1 is 1.44 bits per heavy atom. The lowest BCUT2D eigenvalue weighted by Gasteiger charge is -2.30. The van der Waals surface area contributed by atoms with Crippen molar-refractivity contribution < 1.29 is 9.59 Å². The van der Waals surface area contributed by atoms with E-state index in [0.717, 1.165) is 13.0 Å². The maximum atomic E-state index is 12.1. The molecule has 0 aromatic carbocycles. The van der Waals surface area contributed by atoms with Gasteiger partial charge >= 0.3 is 0 Å². The molecule has 4 nitrogen and oxygen atoms in total. The first-order chi connectivity index (χ1) is 7.45. The van der Waals surface area contributed by atoms with Crippen LogP contribution in [-0.4, -0.2) is 35.3 Å². The van der Waals surface area contributed by atoms with E-state index in [0.29, 0.717) is 12.3 Å². The molecule has 0 aromatic heterocycles. The first-order valence-corrected chi connectivity index (χ1v) is 6.05. The highest BCUT2D eigenvalue weighted by molar-refractivity contribution is 5.90. The van der Waals surface area contributed by atoms with E-state index in [2.05, 4.69) is 19.2 Å². The molecule has 0 bridgehead atoms. The quantitative estimate of drug-likeness (QED) is 0.785. The fraction of sp³-hybridized carbons (Fsp3) is 0.833. The molecule has 0 saturated carbocycles. The normalized spacial score (nSPS) is 28.6. The van der Waals surface area contributed by atoms with E-state index in [1.807, 2.05) is 11.8 Å². The monoisotopic (exact) mass is 226 g/mol. The van der Waals surface area contributed by atoms with Crippen LogP contribution in [0.2, 0.25) is 0 Å². The van der Waals surface area contributed by atoms with Gasteiger partial charge in [-0.3, -0.25) is 9.59 Å². The van der Waals surface area contributed by atoms with Crippen LogP contribution in [0.15, 0.2) is 0 Å². The van der Waals surface area contributed by atoms with Crippen LogP contribution in [0.3, 0.4) is 0 Å². The van der Waals surface area contributed by atoms with Crippen LogP contribution in [0.25, 0.3) is 0 Å². The SMILES string of the molecule is CCC(C)CN1C(=O)C(C)NC(=O)CC1C. The summed E-state index contributed by atoms with van der Waals surface area (Å²) in [4.78, 5) is 25.4. The smallest absolute Gasteiger partial charge is 0.245 e. The minimum Gasteiger partial charge on any atom is -0.345 e. The van der Waals surface area contributed by atoms with Gasteiger partial charge in [0.15, 0.2) is 0 Å². The second kappa shape index (κ2) is 5.32. The van der Waals surface area contributed by atoms with Crippen LogP contribution >= 0.6 is 0 Å². The van der Waals surface area contributed by atoms with Gasteiger partial charge in [0.25, 0.3) is 0 Å². The Hall–Kier alpha value is -1.06. The van der Waals surface area contributed by atoms with Gasteiger partial charge in [-0.05, 0) is 19.8 Å². The van der Waals surface area contributed by atoms with E-state index >= 15 is 0 Å². The fourth-order valence-electron chi connectivity index (χ4n) is 1.94. The number of rotatable bonds is 3. The fourth-order valence-corrected chi connectivity index (χ4v) is 1.94. The minimum absolute atomic E-state index is 0.00597. The zero-order valence-corrected chi connectivity index (χ0v) is 10.6. The molecule has 0 spiro atoms. The summed E-state index contributed by atoms with van der Waals surface area (Å²) in [5.41, 5.74) is 0. The highest BCUT2D eigenvalue weighted by Crippen LogP contribution is 2.14. The summed E-state index contributed by atoms with van der Waals surface area (Å²) in [5.74, 6) is 0.491. The standard InChI is InChI=1S/C12H22N2O2/c1-5-8(2)7-14-9(3)6-11(15)13-10(4)12(14)16/h8-10H,5-7H2,1-4H3,(H,13,15).